The van der Waals surface area contributed by atoms with Crippen molar-refractivity contribution in [2.75, 3.05) is 6.79 Å². The maximum absolute atomic E-state index is 12.6. The number of nitrogens with zero attached hydrogens (tertiary/aromatic N) is 1. The summed E-state index contributed by atoms with van der Waals surface area (Å²) in [4.78, 5) is 25.1. The molecule has 0 aromatic heterocycles. The van der Waals surface area contributed by atoms with Gasteiger partial charge < -0.3 is 14.8 Å². The minimum Gasteiger partial charge on any atom is -0.454 e. The van der Waals surface area contributed by atoms with Crippen LogP contribution < -0.4 is 20.2 Å². The third-order valence-electron chi connectivity index (χ3n) is 4.13. The Morgan fingerprint density at radius 1 is 1.11 bits per heavy atom. The first-order chi connectivity index (χ1) is 13.4. The topological polar surface area (TPSA) is 89.0 Å². The Balaban J connectivity index is 1.62. The van der Waals surface area contributed by atoms with E-state index in [0.29, 0.717) is 17.1 Å². The highest BCUT2D eigenvalue weighted by Gasteiger charge is 2.25. The van der Waals surface area contributed by atoms with Gasteiger partial charge in [0.05, 0.1) is 6.21 Å². The standard InChI is InChI=1S/C20H20BrN3O4/c1-12(2)18(20(26)24-22-10-13-3-6-15(21)7-4-13)23-19(25)14-5-8-16-17(9-14)28-11-27-16/h3-10,12,18H,11H2,1-2H3,(H,23,25)(H,24,26)/b22-10+. The SMILES string of the molecule is CC(C)C(NC(=O)c1ccc2c(c1)OCO2)C(=O)N/N=C/c1ccc(Br)cc1. The predicted molar refractivity (Wildman–Crippen MR) is 109 cm³/mol. The lowest BCUT2D eigenvalue weighted by Crippen LogP contribution is -2.48. The van der Waals surface area contributed by atoms with E-state index in [1.807, 2.05) is 38.1 Å². The number of carbonyl (C=O) groups excluding carboxylic acids is 2. The molecular formula is C20H20BrN3O4. The normalized spacial score (nSPS) is 13.6. The Kier molecular flexibility index (Phi) is 6.30. The lowest BCUT2D eigenvalue weighted by atomic mass is 10.0. The molecule has 28 heavy (non-hydrogen) atoms. The van der Waals surface area contributed by atoms with Crippen molar-refractivity contribution < 1.29 is 19.1 Å². The van der Waals surface area contributed by atoms with Crippen LogP contribution in [0.25, 0.3) is 0 Å². The van der Waals surface area contributed by atoms with Gasteiger partial charge in [0, 0.05) is 10.0 Å². The van der Waals surface area contributed by atoms with Crippen LogP contribution in [0, 0.1) is 5.92 Å². The van der Waals surface area contributed by atoms with Gasteiger partial charge in [-0.2, -0.15) is 5.10 Å². The zero-order chi connectivity index (χ0) is 20.1. The third kappa shape index (κ3) is 4.89. The average Bonchev–Trinajstić information content (AvgIpc) is 3.14. The summed E-state index contributed by atoms with van der Waals surface area (Å²) in [6.45, 7) is 3.83. The van der Waals surface area contributed by atoms with E-state index in [9.17, 15) is 9.59 Å². The highest BCUT2D eigenvalue weighted by Crippen LogP contribution is 2.32. The molecular weight excluding hydrogens is 426 g/mol. The zero-order valence-electron chi connectivity index (χ0n) is 15.4. The number of amides is 2. The summed E-state index contributed by atoms with van der Waals surface area (Å²) in [5.74, 6) is 0.219. The van der Waals surface area contributed by atoms with E-state index < -0.39 is 11.9 Å². The van der Waals surface area contributed by atoms with Gasteiger partial charge in [0.15, 0.2) is 11.5 Å². The molecule has 2 N–H and O–H groups in total. The summed E-state index contributed by atoms with van der Waals surface area (Å²) in [5.41, 5.74) is 3.72. The van der Waals surface area contributed by atoms with Crippen LogP contribution in [0.15, 0.2) is 52.0 Å². The van der Waals surface area contributed by atoms with Gasteiger partial charge in [0.2, 0.25) is 6.79 Å². The number of benzene rings is 2. The average molecular weight is 446 g/mol. The van der Waals surface area contributed by atoms with E-state index in [-0.39, 0.29) is 18.6 Å². The molecule has 0 saturated carbocycles. The molecule has 1 atom stereocenters. The van der Waals surface area contributed by atoms with Crippen LogP contribution in [-0.2, 0) is 4.79 Å². The van der Waals surface area contributed by atoms with Gasteiger partial charge in [0.25, 0.3) is 11.8 Å². The first-order valence-electron chi connectivity index (χ1n) is 8.73. The van der Waals surface area contributed by atoms with Gasteiger partial charge in [-0.1, -0.05) is 41.9 Å². The van der Waals surface area contributed by atoms with Crippen LogP contribution in [0.4, 0.5) is 0 Å². The molecule has 7 nitrogen and oxygen atoms in total. The van der Waals surface area contributed by atoms with Crippen LogP contribution in [-0.4, -0.2) is 30.9 Å². The van der Waals surface area contributed by atoms with Crippen LogP contribution >= 0.6 is 15.9 Å². The van der Waals surface area contributed by atoms with Crippen LogP contribution in [0.2, 0.25) is 0 Å². The van der Waals surface area contributed by atoms with Gasteiger partial charge in [-0.15, -0.1) is 0 Å². The van der Waals surface area contributed by atoms with Crippen LogP contribution in [0.3, 0.4) is 0 Å². The fourth-order valence-corrected chi connectivity index (χ4v) is 2.85. The van der Waals surface area contributed by atoms with E-state index in [1.54, 1.807) is 24.4 Å². The molecule has 1 unspecified atom stereocenters. The second-order valence-electron chi connectivity index (χ2n) is 6.55. The molecule has 0 aliphatic carbocycles. The molecule has 1 aliphatic heterocycles. The highest BCUT2D eigenvalue weighted by molar-refractivity contribution is 9.10. The fourth-order valence-electron chi connectivity index (χ4n) is 2.59. The van der Waals surface area contributed by atoms with Crippen molar-refractivity contribution in [3.8, 4) is 11.5 Å². The zero-order valence-corrected chi connectivity index (χ0v) is 17.0. The second kappa shape index (κ2) is 8.88. The van der Waals surface area contributed by atoms with Gasteiger partial charge in [0.1, 0.15) is 6.04 Å². The summed E-state index contributed by atoms with van der Waals surface area (Å²) in [7, 11) is 0. The molecule has 1 aliphatic rings. The molecule has 0 spiro atoms. The molecule has 0 fully saturated rings. The Labute approximate surface area is 171 Å². The summed E-state index contributed by atoms with van der Waals surface area (Å²) < 4.78 is 11.5. The van der Waals surface area contributed by atoms with E-state index >= 15 is 0 Å². The Morgan fingerprint density at radius 2 is 1.82 bits per heavy atom. The lowest BCUT2D eigenvalue weighted by molar-refractivity contribution is -0.123. The van der Waals surface area contributed by atoms with Gasteiger partial charge >= 0.3 is 0 Å². The monoisotopic (exact) mass is 445 g/mol. The number of hydrogen-bond donors (Lipinski definition) is 2. The largest absolute Gasteiger partial charge is 0.454 e. The quantitative estimate of drug-likeness (QED) is 0.528. The van der Waals surface area contributed by atoms with Crippen molar-refractivity contribution in [3.05, 3.63) is 58.1 Å². The number of halogens is 1. The van der Waals surface area contributed by atoms with E-state index in [2.05, 4.69) is 31.8 Å². The summed E-state index contributed by atoms with van der Waals surface area (Å²) in [5, 5.41) is 6.73. The minimum atomic E-state index is -0.736. The van der Waals surface area contributed by atoms with Crippen molar-refractivity contribution in [3.63, 3.8) is 0 Å². The predicted octanol–water partition coefficient (Wildman–Crippen LogP) is 3.08. The number of carbonyl (C=O) groups is 2. The molecule has 2 aromatic carbocycles. The van der Waals surface area contributed by atoms with Crippen LogP contribution in [0.1, 0.15) is 29.8 Å². The molecule has 8 heteroatoms. The third-order valence-corrected chi connectivity index (χ3v) is 4.66. The number of nitrogens with one attached hydrogen (secondary N) is 2. The Hall–Kier alpha value is -2.87. The van der Waals surface area contributed by atoms with Gasteiger partial charge in [-0.25, -0.2) is 5.43 Å². The maximum Gasteiger partial charge on any atom is 0.262 e. The first kappa shape index (κ1) is 19.9. The Bertz CT molecular complexity index is 897. The molecule has 2 amide bonds. The summed E-state index contributed by atoms with van der Waals surface area (Å²) in [6.07, 6.45) is 1.54. The summed E-state index contributed by atoms with van der Waals surface area (Å²) >= 11 is 3.36. The Morgan fingerprint density at radius 3 is 2.54 bits per heavy atom. The minimum absolute atomic E-state index is 0.124. The van der Waals surface area contributed by atoms with E-state index in [4.69, 9.17) is 9.47 Å². The number of fused-ring (bicyclic) bond motifs is 1. The molecule has 2 aromatic rings. The van der Waals surface area contributed by atoms with Crippen molar-refractivity contribution in [1.29, 1.82) is 0 Å². The molecule has 0 radical (unpaired) electrons. The van der Waals surface area contributed by atoms with Crippen molar-refractivity contribution >= 4 is 34.0 Å². The molecule has 0 saturated heterocycles. The number of hydrazone groups is 1. The highest BCUT2D eigenvalue weighted by atomic mass is 79.9. The van der Waals surface area contributed by atoms with E-state index in [1.165, 1.54) is 0 Å². The van der Waals surface area contributed by atoms with E-state index in [0.717, 1.165) is 10.0 Å². The fraction of sp³-hybridized carbons (Fsp3) is 0.250. The smallest absolute Gasteiger partial charge is 0.262 e. The lowest BCUT2D eigenvalue weighted by Gasteiger charge is -2.20. The molecule has 146 valence electrons. The number of ether oxygens (including phenoxy) is 2. The second-order valence-corrected chi connectivity index (χ2v) is 7.46. The van der Waals surface area contributed by atoms with Crippen molar-refractivity contribution in [2.45, 2.75) is 19.9 Å². The van der Waals surface area contributed by atoms with Crippen LogP contribution in [0.5, 0.6) is 11.5 Å². The maximum atomic E-state index is 12.6. The molecule has 1 heterocycles. The number of rotatable bonds is 6. The van der Waals surface area contributed by atoms with Gasteiger partial charge in [-0.3, -0.25) is 9.59 Å². The first-order valence-corrected chi connectivity index (χ1v) is 9.52. The molecule has 3 rings (SSSR count). The number of hydrogen-bond acceptors (Lipinski definition) is 5. The van der Waals surface area contributed by atoms with Crippen molar-refractivity contribution in [2.24, 2.45) is 11.0 Å². The van der Waals surface area contributed by atoms with Gasteiger partial charge in [-0.05, 0) is 41.8 Å². The summed E-state index contributed by atoms with van der Waals surface area (Å²) in [6, 6.07) is 11.6. The van der Waals surface area contributed by atoms with Crippen molar-refractivity contribution in [1.82, 2.24) is 10.7 Å². The molecule has 0 bridgehead atoms.